The highest BCUT2D eigenvalue weighted by Gasteiger charge is 2.20. The minimum absolute atomic E-state index is 0.00211. The van der Waals surface area contributed by atoms with Crippen molar-refractivity contribution in [2.45, 2.75) is 19.9 Å². The fraction of sp³-hybridized carbons (Fsp3) is 0.267. The van der Waals surface area contributed by atoms with E-state index in [1.54, 1.807) is 11.3 Å². The van der Waals surface area contributed by atoms with Gasteiger partial charge in [0.25, 0.3) is 0 Å². The van der Waals surface area contributed by atoms with Crippen LogP contribution in [0.15, 0.2) is 42.5 Å². The minimum atomic E-state index is -0.816. The molecule has 1 aromatic heterocycles. The first-order valence-corrected chi connectivity index (χ1v) is 6.99. The molecule has 0 saturated heterocycles. The van der Waals surface area contributed by atoms with Gasteiger partial charge in [0, 0.05) is 15.4 Å². The van der Waals surface area contributed by atoms with E-state index in [0.717, 1.165) is 5.69 Å². The van der Waals surface area contributed by atoms with Crippen LogP contribution in [-0.4, -0.2) is 17.6 Å². The van der Waals surface area contributed by atoms with E-state index in [1.165, 1.54) is 9.75 Å². The normalized spacial score (nSPS) is 12.1. The first kappa shape index (κ1) is 13.6. The van der Waals surface area contributed by atoms with Gasteiger partial charge in [0.2, 0.25) is 0 Å². The monoisotopic (exact) mass is 275 g/mol. The Hall–Kier alpha value is -1.81. The molecule has 0 saturated carbocycles. The predicted octanol–water partition coefficient (Wildman–Crippen LogP) is 3.71. The lowest BCUT2D eigenvalue weighted by Gasteiger charge is -2.29. The van der Waals surface area contributed by atoms with Crippen molar-refractivity contribution in [1.29, 1.82) is 0 Å². The molecule has 19 heavy (non-hydrogen) atoms. The van der Waals surface area contributed by atoms with Crippen molar-refractivity contribution >= 4 is 23.0 Å². The Kier molecular flexibility index (Phi) is 4.22. The summed E-state index contributed by atoms with van der Waals surface area (Å²) in [5.74, 6) is -0.816. The van der Waals surface area contributed by atoms with Gasteiger partial charge in [-0.25, -0.2) is 0 Å². The third kappa shape index (κ3) is 3.35. The number of hydrogen-bond donors (Lipinski definition) is 1. The average molecular weight is 275 g/mol. The van der Waals surface area contributed by atoms with Crippen LogP contribution < -0.4 is 4.90 Å². The molecule has 4 heteroatoms. The van der Waals surface area contributed by atoms with E-state index in [4.69, 9.17) is 5.11 Å². The van der Waals surface area contributed by atoms with Crippen LogP contribution in [0.25, 0.3) is 0 Å². The quantitative estimate of drug-likeness (QED) is 0.904. The van der Waals surface area contributed by atoms with E-state index >= 15 is 0 Å². The molecule has 0 amide bonds. The van der Waals surface area contributed by atoms with Gasteiger partial charge in [-0.3, -0.25) is 4.79 Å². The zero-order valence-electron chi connectivity index (χ0n) is 11.0. The molecule has 2 aromatic rings. The number of aryl methyl sites for hydroxylation is 1. The number of anilines is 1. The van der Waals surface area contributed by atoms with Gasteiger partial charge in [-0.2, -0.15) is 0 Å². The molecule has 1 N–H and O–H groups in total. The topological polar surface area (TPSA) is 40.5 Å². The van der Waals surface area contributed by atoms with Gasteiger partial charge in [-0.05, 0) is 38.1 Å². The van der Waals surface area contributed by atoms with E-state index < -0.39 is 5.97 Å². The van der Waals surface area contributed by atoms with Crippen molar-refractivity contribution in [2.75, 3.05) is 11.4 Å². The molecule has 2 rings (SSSR count). The van der Waals surface area contributed by atoms with Crippen molar-refractivity contribution in [3.05, 3.63) is 52.2 Å². The number of hydrogen-bond acceptors (Lipinski definition) is 3. The fourth-order valence-corrected chi connectivity index (χ4v) is 2.99. The molecule has 0 spiro atoms. The number of carbonyl (C=O) groups is 1. The van der Waals surface area contributed by atoms with Crippen LogP contribution in [-0.2, 0) is 4.79 Å². The minimum Gasteiger partial charge on any atom is -0.480 e. The molecule has 1 atom stereocenters. The lowest BCUT2D eigenvalue weighted by atomic mass is 10.2. The third-order valence-corrected chi connectivity index (χ3v) is 4.20. The SMILES string of the molecule is Cc1ccc(C(C)N(CC(=O)O)c2ccccc2)s1. The smallest absolute Gasteiger partial charge is 0.323 e. The van der Waals surface area contributed by atoms with Crippen molar-refractivity contribution in [1.82, 2.24) is 0 Å². The molecule has 0 aliphatic heterocycles. The van der Waals surface area contributed by atoms with Gasteiger partial charge in [-0.15, -0.1) is 11.3 Å². The van der Waals surface area contributed by atoms with E-state index in [-0.39, 0.29) is 12.6 Å². The molecule has 1 aromatic carbocycles. The van der Waals surface area contributed by atoms with Crippen LogP contribution in [0.1, 0.15) is 22.7 Å². The molecule has 100 valence electrons. The van der Waals surface area contributed by atoms with Crippen LogP contribution in [0, 0.1) is 6.92 Å². The number of benzene rings is 1. The highest BCUT2D eigenvalue weighted by Crippen LogP contribution is 2.30. The van der Waals surface area contributed by atoms with E-state index in [0.29, 0.717) is 0 Å². The number of rotatable bonds is 5. The first-order chi connectivity index (χ1) is 9.08. The zero-order valence-corrected chi connectivity index (χ0v) is 11.9. The third-order valence-electron chi connectivity index (χ3n) is 3.03. The summed E-state index contributed by atoms with van der Waals surface area (Å²) in [4.78, 5) is 15.4. The van der Waals surface area contributed by atoms with Crippen molar-refractivity contribution in [2.24, 2.45) is 0 Å². The molecule has 0 aliphatic carbocycles. The average Bonchev–Trinajstić information content (AvgIpc) is 2.83. The van der Waals surface area contributed by atoms with Crippen LogP contribution in [0.3, 0.4) is 0 Å². The lowest BCUT2D eigenvalue weighted by molar-refractivity contribution is -0.135. The summed E-state index contributed by atoms with van der Waals surface area (Å²) in [5.41, 5.74) is 0.934. The Labute approximate surface area is 117 Å². The summed E-state index contributed by atoms with van der Waals surface area (Å²) in [5, 5.41) is 9.11. The molecule has 0 fully saturated rings. The summed E-state index contributed by atoms with van der Waals surface area (Å²) < 4.78 is 0. The van der Waals surface area contributed by atoms with E-state index in [2.05, 4.69) is 19.1 Å². The number of nitrogens with zero attached hydrogens (tertiary/aromatic N) is 1. The predicted molar refractivity (Wildman–Crippen MR) is 78.9 cm³/mol. The highest BCUT2D eigenvalue weighted by atomic mass is 32.1. The molecule has 0 radical (unpaired) electrons. The summed E-state index contributed by atoms with van der Waals surface area (Å²) in [6.45, 7) is 4.11. The molecule has 1 heterocycles. The standard InChI is InChI=1S/C15H17NO2S/c1-11-8-9-14(19-11)12(2)16(10-15(17)18)13-6-4-3-5-7-13/h3-9,12H,10H2,1-2H3,(H,17,18). The van der Waals surface area contributed by atoms with Crippen LogP contribution in [0.4, 0.5) is 5.69 Å². The van der Waals surface area contributed by atoms with Gasteiger partial charge >= 0.3 is 5.97 Å². The largest absolute Gasteiger partial charge is 0.480 e. The van der Waals surface area contributed by atoms with Crippen LogP contribution in [0.5, 0.6) is 0 Å². The molecule has 1 unspecified atom stereocenters. The zero-order chi connectivity index (χ0) is 13.8. The number of carboxylic acid groups (broad SMARTS) is 1. The van der Waals surface area contributed by atoms with E-state index in [1.807, 2.05) is 42.2 Å². The molecular formula is C15H17NO2S. The van der Waals surface area contributed by atoms with Gasteiger partial charge in [0.15, 0.2) is 0 Å². The number of carboxylic acids is 1. The van der Waals surface area contributed by atoms with E-state index in [9.17, 15) is 4.79 Å². The van der Waals surface area contributed by atoms with Gasteiger partial charge in [-0.1, -0.05) is 18.2 Å². The van der Waals surface area contributed by atoms with Crippen LogP contribution >= 0.6 is 11.3 Å². The number of aliphatic carboxylic acids is 1. The summed E-state index contributed by atoms with van der Waals surface area (Å²) >= 11 is 1.71. The Morgan fingerprint density at radius 3 is 2.47 bits per heavy atom. The fourth-order valence-electron chi connectivity index (χ4n) is 2.05. The van der Waals surface area contributed by atoms with Crippen molar-refractivity contribution < 1.29 is 9.90 Å². The Balaban J connectivity index is 2.30. The highest BCUT2D eigenvalue weighted by molar-refractivity contribution is 7.12. The second-order valence-corrected chi connectivity index (χ2v) is 5.80. The molecular weight excluding hydrogens is 258 g/mol. The van der Waals surface area contributed by atoms with Gasteiger partial charge in [0.05, 0.1) is 6.04 Å². The Morgan fingerprint density at radius 2 is 1.95 bits per heavy atom. The maximum absolute atomic E-state index is 11.1. The number of thiophene rings is 1. The van der Waals surface area contributed by atoms with Crippen LogP contribution in [0.2, 0.25) is 0 Å². The van der Waals surface area contributed by atoms with Crippen molar-refractivity contribution in [3.8, 4) is 0 Å². The maximum atomic E-state index is 11.1. The molecule has 3 nitrogen and oxygen atoms in total. The Bertz CT molecular complexity index is 550. The van der Waals surface area contributed by atoms with Gasteiger partial charge < -0.3 is 10.0 Å². The summed E-state index contributed by atoms with van der Waals surface area (Å²) in [6.07, 6.45) is 0. The second-order valence-electron chi connectivity index (χ2n) is 4.48. The molecule has 0 bridgehead atoms. The summed E-state index contributed by atoms with van der Waals surface area (Å²) in [6, 6.07) is 13.9. The maximum Gasteiger partial charge on any atom is 0.323 e. The number of para-hydroxylation sites is 1. The Morgan fingerprint density at radius 1 is 1.26 bits per heavy atom. The van der Waals surface area contributed by atoms with Gasteiger partial charge in [0.1, 0.15) is 6.54 Å². The van der Waals surface area contributed by atoms with Crippen molar-refractivity contribution in [3.63, 3.8) is 0 Å². The summed E-state index contributed by atoms with van der Waals surface area (Å²) in [7, 11) is 0. The first-order valence-electron chi connectivity index (χ1n) is 6.17. The molecule has 0 aliphatic rings. The lowest BCUT2D eigenvalue weighted by Crippen LogP contribution is -2.31. The second kappa shape index (κ2) is 5.89.